The molecule has 21 heavy (non-hydrogen) atoms. The third-order valence-electron chi connectivity index (χ3n) is 3.18. The van der Waals surface area contributed by atoms with Gasteiger partial charge in [0.05, 0.1) is 13.2 Å². The molecule has 112 valence electrons. The fraction of sp³-hybridized carbons (Fsp3) is 0.357. The number of carbonyl (C=O) groups is 2. The lowest BCUT2D eigenvalue weighted by molar-refractivity contribution is -0.132. The summed E-state index contributed by atoms with van der Waals surface area (Å²) < 4.78 is 5.07. The molecule has 2 atom stereocenters. The van der Waals surface area contributed by atoms with E-state index in [1.807, 2.05) is 19.1 Å². The van der Waals surface area contributed by atoms with Crippen molar-refractivity contribution in [3.05, 3.63) is 29.8 Å². The summed E-state index contributed by atoms with van der Waals surface area (Å²) in [5.74, 6) is -0.831. The predicted octanol–water partition coefficient (Wildman–Crippen LogP) is 1.10. The van der Waals surface area contributed by atoms with Gasteiger partial charge in [-0.25, -0.2) is 4.79 Å². The average molecular weight is 292 g/mol. The van der Waals surface area contributed by atoms with Crippen LogP contribution >= 0.6 is 0 Å². The zero-order valence-electron chi connectivity index (χ0n) is 11.7. The first-order valence-electron chi connectivity index (χ1n) is 6.41. The Balaban J connectivity index is 1.92. The fourth-order valence-corrected chi connectivity index (χ4v) is 1.93. The van der Waals surface area contributed by atoms with Crippen LogP contribution in [0, 0.1) is 0 Å². The van der Waals surface area contributed by atoms with Gasteiger partial charge in [-0.15, -0.1) is 0 Å². The molecule has 7 nitrogen and oxygen atoms in total. The van der Waals surface area contributed by atoms with Crippen LogP contribution in [0.3, 0.4) is 0 Å². The van der Waals surface area contributed by atoms with Gasteiger partial charge in [0.25, 0.3) is 5.91 Å². The van der Waals surface area contributed by atoms with E-state index in [1.165, 1.54) is 0 Å². The zero-order chi connectivity index (χ0) is 15.4. The molecule has 0 bridgehead atoms. The number of oxime groups is 1. The Morgan fingerprint density at radius 3 is 2.62 bits per heavy atom. The standard InChI is InChI=1S/C14H16N2O5/c1-8(9-3-5-10(20-2)6-4-9)15-13(17)12-7-11(14(18)19)16-21-12/h3-6,8,12H,7H2,1-2H3,(H,15,17)(H,18,19). The topological polar surface area (TPSA) is 97.2 Å². The Morgan fingerprint density at radius 2 is 2.10 bits per heavy atom. The molecule has 1 aromatic rings. The first kappa shape index (κ1) is 14.8. The van der Waals surface area contributed by atoms with Gasteiger partial charge in [-0.1, -0.05) is 17.3 Å². The largest absolute Gasteiger partial charge is 0.497 e. The number of carbonyl (C=O) groups excluding carboxylic acids is 1. The molecular formula is C14H16N2O5. The maximum Gasteiger partial charge on any atom is 0.353 e. The number of benzene rings is 1. The number of carboxylic acids is 1. The van der Waals surface area contributed by atoms with Crippen LogP contribution in [-0.2, 0) is 14.4 Å². The number of amides is 1. The number of nitrogens with zero attached hydrogens (tertiary/aromatic N) is 1. The van der Waals surface area contributed by atoms with E-state index in [2.05, 4.69) is 10.5 Å². The van der Waals surface area contributed by atoms with E-state index >= 15 is 0 Å². The van der Waals surface area contributed by atoms with Crippen LogP contribution < -0.4 is 10.1 Å². The molecule has 0 saturated carbocycles. The van der Waals surface area contributed by atoms with Gasteiger partial charge in [0.1, 0.15) is 5.75 Å². The summed E-state index contributed by atoms with van der Waals surface area (Å²) in [6, 6.07) is 7.06. The highest BCUT2D eigenvalue weighted by molar-refractivity contribution is 6.36. The van der Waals surface area contributed by atoms with Crippen LogP contribution in [0.1, 0.15) is 24.9 Å². The number of aliphatic carboxylic acids is 1. The van der Waals surface area contributed by atoms with E-state index in [1.54, 1.807) is 19.2 Å². The lowest BCUT2D eigenvalue weighted by Gasteiger charge is -2.16. The van der Waals surface area contributed by atoms with Crippen molar-refractivity contribution in [2.75, 3.05) is 7.11 Å². The summed E-state index contributed by atoms with van der Waals surface area (Å²) >= 11 is 0. The summed E-state index contributed by atoms with van der Waals surface area (Å²) in [7, 11) is 1.58. The maximum absolute atomic E-state index is 12.0. The van der Waals surface area contributed by atoms with Crippen molar-refractivity contribution >= 4 is 17.6 Å². The molecule has 0 aliphatic carbocycles. The number of nitrogens with one attached hydrogen (secondary N) is 1. The van der Waals surface area contributed by atoms with Crippen molar-refractivity contribution in [3.8, 4) is 5.75 Å². The fourth-order valence-electron chi connectivity index (χ4n) is 1.93. The molecule has 0 aromatic heterocycles. The Hall–Kier alpha value is -2.57. The molecule has 2 rings (SSSR count). The molecular weight excluding hydrogens is 276 g/mol. The van der Waals surface area contributed by atoms with E-state index < -0.39 is 18.0 Å². The van der Waals surface area contributed by atoms with Crippen LogP contribution in [0.2, 0.25) is 0 Å². The molecule has 7 heteroatoms. The highest BCUT2D eigenvalue weighted by atomic mass is 16.6. The molecule has 2 N–H and O–H groups in total. The van der Waals surface area contributed by atoms with Gasteiger partial charge in [-0.3, -0.25) is 4.79 Å². The smallest absolute Gasteiger partial charge is 0.353 e. The third-order valence-corrected chi connectivity index (χ3v) is 3.18. The Labute approximate surface area is 121 Å². The number of carboxylic acid groups (broad SMARTS) is 1. The molecule has 0 fully saturated rings. The summed E-state index contributed by atoms with van der Waals surface area (Å²) in [4.78, 5) is 27.5. The van der Waals surface area contributed by atoms with Crippen LogP contribution in [0.15, 0.2) is 29.4 Å². The molecule has 1 heterocycles. The van der Waals surface area contributed by atoms with Gasteiger partial charge in [-0.05, 0) is 24.6 Å². The molecule has 0 radical (unpaired) electrons. The maximum atomic E-state index is 12.0. The van der Waals surface area contributed by atoms with E-state index in [0.29, 0.717) is 0 Å². The van der Waals surface area contributed by atoms with Gasteiger partial charge < -0.3 is 20.0 Å². The SMILES string of the molecule is COc1ccc(C(C)NC(=O)C2CC(C(=O)O)=NO2)cc1. The van der Waals surface area contributed by atoms with Crippen LogP contribution in [0.4, 0.5) is 0 Å². The van der Waals surface area contributed by atoms with Crippen LogP contribution in [-0.4, -0.2) is 35.9 Å². The molecule has 0 saturated heterocycles. The van der Waals surface area contributed by atoms with Crippen molar-refractivity contribution in [3.63, 3.8) is 0 Å². The van der Waals surface area contributed by atoms with Crippen molar-refractivity contribution < 1.29 is 24.3 Å². The average Bonchev–Trinajstić information content (AvgIpc) is 2.97. The lowest BCUT2D eigenvalue weighted by Crippen LogP contribution is -2.36. The Kier molecular flexibility index (Phi) is 4.42. The first-order valence-corrected chi connectivity index (χ1v) is 6.41. The minimum absolute atomic E-state index is 0.0313. The second-order valence-corrected chi connectivity index (χ2v) is 4.64. The number of hydrogen-bond acceptors (Lipinski definition) is 5. The molecule has 2 unspecified atom stereocenters. The van der Waals surface area contributed by atoms with Crippen LogP contribution in [0.5, 0.6) is 5.75 Å². The molecule has 0 spiro atoms. The van der Waals surface area contributed by atoms with E-state index in [-0.39, 0.29) is 18.2 Å². The highest BCUT2D eigenvalue weighted by Crippen LogP contribution is 2.18. The Morgan fingerprint density at radius 1 is 1.43 bits per heavy atom. The molecule has 1 aliphatic rings. The molecule has 1 aliphatic heterocycles. The minimum Gasteiger partial charge on any atom is -0.497 e. The van der Waals surface area contributed by atoms with Crippen molar-refractivity contribution in [2.45, 2.75) is 25.5 Å². The van der Waals surface area contributed by atoms with Gasteiger partial charge in [0, 0.05) is 6.42 Å². The monoisotopic (exact) mass is 292 g/mol. The number of rotatable bonds is 5. The molecule has 1 amide bonds. The van der Waals surface area contributed by atoms with Gasteiger partial charge in [0.2, 0.25) is 6.10 Å². The van der Waals surface area contributed by atoms with Crippen molar-refractivity contribution in [1.29, 1.82) is 0 Å². The lowest BCUT2D eigenvalue weighted by atomic mass is 10.1. The predicted molar refractivity (Wildman–Crippen MR) is 74.1 cm³/mol. The third kappa shape index (κ3) is 3.50. The second-order valence-electron chi connectivity index (χ2n) is 4.64. The quantitative estimate of drug-likeness (QED) is 0.847. The van der Waals surface area contributed by atoms with E-state index in [9.17, 15) is 9.59 Å². The van der Waals surface area contributed by atoms with Gasteiger partial charge in [0.15, 0.2) is 5.71 Å². The van der Waals surface area contributed by atoms with E-state index in [0.717, 1.165) is 11.3 Å². The molecule has 1 aromatic carbocycles. The summed E-state index contributed by atoms with van der Waals surface area (Å²) in [5, 5.41) is 14.9. The second kappa shape index (κ2) is 6.25. The minimum atomic E-state index is -1.17. The summed E-state index contributed by atoms with van der Waals surface area (Å²) in [5.41, 5.74) is 0.758. The van der Waals surface area contributed by atoms with Crippen LogP contribution in [0.25, 0.3) is 0 Å². The number of methoxy groups -OCH3 is 1. The van der Waals surface area contributed by atoms with Crippen molar-refractivity contribution in [1.82, 2.24) is 5.32 Å². The Bertz CT molecular complexity index is 567. The van der Waals surface area contributed by atoms with E-state index in [4.69, 9.17) is 14.7 Å². The van der Waals surface area contributed by atoms with Gasteiger partial charge in [-0.2, -0.15) is 0 Å². The number of ether oxygens (including phenoxy) is 1. The normalized spacial score (nSPS) is 18.4. The summed E-state index contributed by atoms with van der Waals surface area (Å²) in [6.07, 6.45) is -0.923. The van der Waals surface area contributed by atoms with Crippen molar-refractivity contribution in [2.24, 2.45) is 5.16 Å². The van der Waals surface area contributed by atoms with Gasteiger partial charge >= 0.3 is 5.97 Å². The first-order chi connectivity index (χ1) is 10.0. The number of hydrogen-bond donors (Lipinski definition) is 2. The highest BCUT2D eigenvalue weighted by Gasteiger charge is 2.32. The summed E-state index contributed by atoms with van der Waals surface area (Å²) in [6.45, 7) is 1.83. The zero-order valence-corrected chi connectivity index (χ0v) is 11.7.